The molecule has 0 bridgehead atoms. The predicted octanol–water partition coefficient (Wildman–Crippen LogP) is 1.99. The maximum atomic E-state index is 12.5. The van der Waals surface area contributed by atoms with Crippen molar-refractivity contribution in [3.63, 3.8) is 0 Å². The Bertz CT molecular complexity index is 522. The van der Waals surface area contributed by atoms with Gasteiger partial charge in [-0.25, -0.2) is 22.2 Å². The third-order valence-electron chi connectivity index (χ3n) is 3.50. The van der Waals surface area contributed by atoms with Crippen molar-refractivity contribution in [1.29, 1.82) is 0 Å². The maximum absolute atomic E-state index is 12.5. The number of nitrogens with one attached hydrogen (secondary N) is 2. The van der Waals surface area contributed by atoms with E-state index in [2.05, 4.69) is 15.6 Å². The molecule has 0 aromatic carbocycles. The van der Waals surface area contributed by atoms with Gasteiger partial charge in [0.15, 0.2) is 5.96 Å². The van der Waals surface area contributed by atoms with Gasteiger partial charge in [-0.1, -0.05) is 0 Å². The summed E-state index contributed by atoms with van der Waals surface area (Å²) < 4.78 is 84.8. The van der Waals surface area contributed by atoms with Gasteiger partial charge in [0, 0.05) is 26.2 Å². The third-order valence-corrected chi connectivity index (χ3v) is 5.13. The lowest BCUT2D eigenvalue weighted by atomic mass is 9.98. The van der Waals surface area contributed by atoms with Gasteiger partial charge in [0.1, 0.15) is 6.54 Å². The number of alkyl halides is 5. The lowest BCUT2D eigenvalue weighted by molar-refractivity contribution is -0.0496. The van der Waals surface area contributed by atoms with Gasteiger partial charge in [-0.05, 0) is 25.7 Å². The zero-order valence-corrected chi connectivity index (χ0v) is 16.7. The predicted molar refractivity (Wildman–Crippen MR) is 94.7 cm³/mol. The second-order valence-electron chi connectivity index (χ2n) is 5.28. The van der Waals surface area contributed by atoms with E-state index in [1.54, 1.807) is 6.92 Å². The number of hydrogen-bond acceptors (Lipinski definition) is 3. The van der Waals surface area contributed by atoms with Crippen molar-refractivity contribution < 1.29 is 30.4 Å². The molecule has 0 amide bonds. The highest BCUT2D eigenvalue weighted by atomic mass is 127. The van der Waals surface area contributed by atoms with E-state index in [1.165, 1.54) is 0 Å². The van der Waals surface area contributed by atoms with Crippen LogP contribution in [0.2, 0.25) is 0 Å². The average Bonchev–Trinajstić information content (AvgIpc) is 2.49. The average molecular weight is 508 g/mol. The summed E-state index contributed by atoms with van der Waals surface area (Å²) in [6.45, 7) is 1.45. The van der Waals surface area contributed by atoms with E-state index in [0.717, 1.165) is 0 Å². The van der Waals surface area contributed by atoms with Gasteiger partial charge < -0.3 is 10.6 Å². The number of rotatable bonds is 6. The first kappa shape index (κ1) is 24.6. The number of aliphatic imine (C=N–C) groups is 1. The van der Waals surface area contributed by atoms with Crippen LogP contribution >= 0.6 is 24.0 Å². The van der Waals surface area contributed by atoms with Crippen molar-refractivity contribution in [2.24, 2.45) is 10.9 Å². The van der Waals surface area contributed by atoms with Gasteiger partial charge in [-0.15, -0.1) is 24.0 Å². The highest BCUT2D eigenvalue weighted by Gasteiger charge is 2.50. The molecule has 0 atom stereocenters. The van der Waals surface area contributed by atoms with E-state index in [0.29, 0.717) is 17.4 Å². The second kappa shape index (κ2) is 10.6. The zero-order valence-electron chi connectivity index (χ0n) is 13.5. The molecule has 1 rings (SSSR count). The van der Waals surface area contributed by atoms with Crippen LogP contribution in [0.5, 0.6) is 0 Å². The number of hydrogen-bond donors (Lipinski definition) is 2. The Hall–Kier alpha value is -0.440. The molecular weight excluding hydrogens is 486 g/mol. The minimum atomic E-state index is -5.29. The number of guanidine groups is 1. The van der Waals surface area contributed by atoms with Crippen LogP contribution in [0.1, 0.15) is 19.8 Å². The third kappa shape index (κ3) is 7.76. The van der Waals surface area contributed by atoms with Crippen LogP contribution < -0.4 is 10.6 Å². The molecule has 150 valence electrons. The molecule has 6 nitrogen and oxygen atoms in total. The summed E-state index contributed by atoms with van der Waals surface area (Å²) >= 11 is 0. The Kier molecular flexibility index (Phi) is 10.5. The molecule has 0 saturated carbocycles. The van der Waals surface area contributed by atoms with Crippen LogP contribution in [0.3, 0.4) is 0 Å². The van der Waals surface area contributed by atoms with E-state index in [9.17, 15) is 30.4 Å². The largest absolute Gasteiger partial charge is 0.511 e. The number of nitrogens with zero attached hydrogens (tertiary/aromatic N) is 2. The number of sulfonamides is 1. The zero-order chi connectivity index (χ0) is 18.4. The Morgan fingerprint density at radius 1 is 1.24 bits per heavy atom. The summed E-state index contributed by atoms with van der Waals surface area (Å²) in [5, 5.41) is 5.63. The van der Waals surface area contributed by atoms with E-state index in [-0.39, 0.29) is 61.8 Å². The van der Waals surface area contributed by atoms with Gasteiger partial charge >= 0.3 is 15.5 Å². The van der Waals surface area contributed by atoms with Gasteiger partial charge in [0.25, 0.3) is 6.43 Å². The topological polar surface area (TPSA) is 73.8 Å². The van der Waals surface area contributed by atoms with Crippen molar-refractivity contribution in [2.75, 3.05) is 32.7 Å². The fraction of sp³-hybridized carbons (Fsp3) is 0.917. The van der Waals surface area contributed by atoms with Crippen LogP contribution in [0, 0.1) is 5.92 Å². The van der Waals surface area contributed by atoms with E-state index in [4.69, 9.17) is 0 Å². The maximum Gasteiger partial charge on any atom is 0.511 e. The first-order chi connectivity index (χ1) is 11.1. The molecule has 1 saturated heterocycles. The molecule has 1 fully saturated rings. The van der Waals surface area contributed by atoms with Gasteiger partial charge in [-0.3, -0.25) is 0 Å². The molecule has 0 aliphatic carbocycles. The molecular formula is C12H22F5IN4O2S. The van der Waals surface area contributed by atoms with Crippen LogP contribution in [-0.2, 0) is 10.0 Å². The number of piperidine rings is 1. The number of halogens is 6. The smallest absolute Gasteiger partial charge is 0.357 e. The fourth-order valence-electron chi connectivity index (χ4n) is 2.24. The Balaban J connectivity index is 0.00000576. The lowest BCUT2D eigenvalue weighted by Gasteiger charge is -2.31. The van der Waals surface area contributed by atoms with E-state index >= 15 is 0 Å². The van der Waals surface area contributed by atoms with Crippen LogP contribution in [0.15, 0.2) is 4.99 Å². The van der Waals surface area contributed by atoms with Crippen LogP contribution in [0.25, 0.3) is 0 Å². The lowest BCUT2D eigenvalue weighted by Crippen LogP contribution is -2.47. The molecule has 25 heavy (non-hydrogen) atoms. The van der Waals surface area contributed by atoms with Crippen molar-refractivity contribution in [3.8, 4) is 0 Å². The summed E-state index contributed by atoms with van der Waals surface area (Å²) in [5.41, 5.74) is -5.29. The Morgan fingerprint density at radius 2 is 1.80 bits per heavy atom. The molecule has 1 heterocycles. The molecule has 0 radical (unpaired) electrons. The Morgan fingerprint density at radius 3 is 2.24 bits per heavy atom. The Labute approximate surface area is 160 Å². The normalized spacial score (nSPS) is 18.1. The molecule has 0 aromatic rings. The van der Waals surface area contributed by atoms with Crippen molar-refractivity contribution in [3.05, 3.63) is 0 Å². The van der Waals surface area contributed by atoms with E-state index < -0.39 is 28.5 Å². The minimum absolute atomic E-state index is 0. The van der Waals surface area contributed by atoms with Crippen molar-refractivity contribution in [1.82, 2.24) is 14.9 Å². The van der Waals surface area contributed by atoms with E-state index in [1.807, 2.05) is 0 Å². The monoisotopic (exact) mass is 508 g/mol. The molecule has 0 unspecified atom stereocenters. The quantitative estimate of drug-likeness (QED) is 0.249. The molecule has 13 heteroatoms. The van der Waals surface area contributed by atoms with Gasteiger partial charge in [0.2, 0.25) is 0 Å². The summed E-state index contributed by atoms with van der Waals surface area (Å²) in [7, 11) is -5.29. The highest BCUT2D eigenvalue weighted by molar-refractivity contribution is 14.0. The molecule has 1 aliphatic rings. The summed E-state index contributed by atoms with van der Waals surface area (Å²) in [4.78, 5) is 3.67. The van der Waals surface area contributed by atoms with Crippen LogP contribution in [-0.4, -0.2) is 63.3 Å². The van der Waals surface area contributed by atoms with Crippen LogP contribution in [0.4, 0.5) is 22.0 Å². The summed E-state index contributed by atoms with van der Waals surface area (Å²) in [6.07, 6.45) is -2.08. The summed E-state index contributed by atoms with van der Waals surface area (Å²) in [5.74, 6) is 0.128. The van der Waals surface area contributed by atoms with Crippen molar-refractivity contribution >= 4 is 40.0 Å². The SMILES string of the molecule is CCNC(=NCC(F)F)NCC1CCN(S(=O)(=O)C(F)(F)F)CC1.I. The van der Waals surface area contributed by atoms with Gasteiger partial charge in [-0.2, -0.15) is 17.5 Å². The first-order valence-electron chi connectivity index (χ1n) is 7.44. The van der Waals surface area contributed by atoms with Gasteiger partial charge in [0.05, 0.1) is 0 Å². The molecule has 1 aliphatic heterocycles. The summed E-state index contributed by atoms with van der Waals surface area (Å²) in [6, 6.07) is 0. The molecule has 0 spiro atoms. The molecule has 2 N–H and O–H groups in total. The highest BCUT2D eigenvalue weighted by Crippen LogP contribution is 2.30. The first-order valence-corrected chi connectivity index (χ1v) is 8.88. The standard InChI is InChI=1S/C12H21F5N4O2S.HI/c1-2-18-11(20-8-10(13)14)19-7-9-3-5-21(6-4-9)24(22,23)12(15,16)17;/h9-10H,2-8H2,1H3,(H2,18,19,20);1H. The fourth-order valence-corrected chi connectivity index (χ4v) is 3.23. The molecule has 0 aromatic heterocycles. The second-order valence-corrected chi connectivity index (χ2v) is 7.21. The minimum Gasteiger partial charge on any atom is -0.357 e. The van der Waals surface area contributed by atoms with Crippen molar-refractivity contribution in [2.45, 2.75) is 31.7 Å².